The number of hydrogen-bond donors (Lipinski definition) is 2. The van der Waals surface area contributed by atoms with Crippen molar-refractivity contribution in [1.82, 2.24) is 0 Å². The van der Waals surface area contributed by atoms with Crippen LogP contribution in [0.1, 0.15) is 55.7 Å². The fraction of sp³-hybridized carbons (Fsp3) is 0.333. The van der Waals surface area contributed by atoms with Gasteiger partial charge in [-0.3, -0.25) is 9.59 Å². The van der Waals surface area contributed by atoms with Crippen LogP contribution in [0.25, 0.3) is 43.9 Å². The first-order chi connectivity index (χ1) is 25.8. The molecule has 0 radical (unpaired) electrons. The van der Waals surface area contributed by atoms with Gasteiger partial charge in [0.05, 0.1) is 53.4 Å². The Kier molecular flexibility index (Phi) is 7.95. The normalized spacial score (nSPS) is 18.8. The predicted octanol–water partition coefficient (Wildman–Crippen LogP) is 7.89. The summed E-state index contributed by atoms with van der Waals surface area (Å²) in [5.41, 5.74) is 1.97. The number of aromatic hydroxyl groups is 2. The van der Waals surface area contributed by atoms with Crippen molar-refractivity contribution in [3.63, 3.8) is 0 Å². The van der Waals surface area contributed by atoms with Gasteiger partial charge in [0.25, 0.3) is 0 Å². The fourth-order valence-corrected chi connectivity index (χ4v) is 9.36. The van der Waals surface area contributed by atoms with Crippen LogP contribution in [0.2, 0.25) is 0 Å². The molecule has 12 nitrogen and oxygen atoms in total. The minimum atomic E-state index is -0.639. The Balaban J connectivity index is 1.61. The van der Waals surface area contributed by atoms with Crippen LogP contribution in [0, 0.1) is 11.3 Å². The smallest absolute Gasteiger partial charge is 0.205 e. The first-order valence-electron chi connectivity index (χ1n) is 17.4. The van der Waals surface area contributed by atoms with E-state index in [9.17, 15) is 19.8 Å². The summed E-state index contributed by atoms with van der Waals surface area (Å²) >= 11 is 0. The first-order valence-corrected chi connectivity index (χ1v) is 17.4. The third-order valence-electron chi connectivity index (χ3n) is 11.2. The highest BCUT2D eigenvalue weighted by molar-refractivity contribution is 6.02. The lowest BCUT2D eigenvalue weighted by molar-refractivity contribution is 0.173. The first kappa shape index (κ1) is 35.0. The van der Waals surface area contributed by atoms with E-state index in [1.54, 1.807) is 12.1 Å². The lowest BCUT2D eigenvalue weighted by Crippen LogP contribution is -2.33. The number of ether oxygens (including phenoxy) is 6. The van der Waals surface area contributed by atoms with Crippen molar-refractivity contribution in [3.8, 4) is 46.0 Å². The highest BCUT2D eigenvalue weighted by atomic mass is 16.5. The molecule has 0 spiro atoms. The summed E-state index contributed by atoms with van der Waals surface area (Å²) in [5.74, 6) is -0.334. The Labute approximate surface area is 309 Å². The second-order valence-electron chi connectivity index (χ2n) is 14.6. The van der Waals surface area contributed by atoms with Crippen molar-refractivity contribution in [2.75, 3.05) is 42.7 Å². The zero-order valence-electron chi connectivity index (χ0n) is 31.4. The number of phenols is 2. The van der Waals surface area contributed by atoms with Crippen LogP contribution in [0.4, 0.5) is 0 Å². The van der Waals surface area contributed by atoms with Crippen LogP contribution in [-0.2, 0) is 0 Å². The highest BCUT2D eigenvalue weighted by Crippen LogP contribution is 2.66. The van der Waals surface area contributed by atoms with E-state index < -0.39 is 22.2 Å². The molecule has 6 aromatic rings. The quantitative estimate of drug-likeness (QED) is 0.121. The zero-order valence-corrected chi connectivity index (χ0v) is 31.4. The molecule has 280 valence electrons. The standard InChI is InChI=1S/C42H40O12/c1-17-10-21-27-32(38(51-8)41(52-9)40-33(27)36(46)31-23(44)12-19(48-5)14-25(31)54-40)28(34(21)42(2,3)16-17)20-15-26(49-6)37(50-7)39-29(20)35(45)30-22(43)11-18(47-4)13-24(30)53-39/h10-15,21,28,34,43-44H,16H2,1-9H3. The van der Waals surface area contributed by atoms with E-state index in [-0.39, 0.29) is 78.7 Å². The average Bonchev–Trinajstić information content (AvgIpc) is 3.47. The van der Waals surface area contributed by atoms with Crippen LogP contribution in [0.3, 0.4) is 0 Å². The molecule has 0 aliphatic heterocycles. The topological polar surface area (TPSA) is 156 Å². The van der Waals surface area contributed by atoms with Crippen molar-refractivity contribution >= 4 is 43.9 Å². The van der Waals surface area contributed by atoms with Gasteiger partial charge in [-0.2, -0.15) is 0 Å². The summed E-state index contributed by atoms with van der Waals surface area (Å²) in [7, 11) is 8.84. The molecule has 2 aromatic heterocycles. The van der Waals surface area contributed by atoms with Crippen molar-refractivity contribution in [2.45, 2.75) is 39.0 Å². The Morgan fingerprint density at radius 3 is 1.70 bits per heavy atom. The maximum atomic E-state index is 14.9. The molecule has 2 heterocycles. The summed E-state index contributed by atoms with van der Waals surface area (Å²) in [4.78, 5) is 29.8. The minimum absolute atomic E-state index is 0.0110. The molecule has 0 saturated carbocycles. The zero-order chi connectivity index (χ0) is 38.5. The van der Waals surface area contributed by atoms with Gasteiger partial charge in [-0.1, -0.05) is 25.5 Å². The molecule has 2 N–H and O–H groups in total. The Morgan fingerprint density at radius 2 is 1.19 bits per heavy atom. The number of benzene rings is 4. The average molecular weight is 737 g/mol. The number of rotatable bonds is 7. The second-order valence-corrected chi connectivity index (χ2v) is 14.6. The Bertz CT molecular complexity index is 2730. The molecule has 2 aliphatic carbocycles. The molecule has 0 bridgehead atoms. The van der Waals surface area contributed by atoms with Crippen LogP contribution >= 0.6 is 0 Å². The third-order valence-corrected chi connectivity index (χ3v) is 11.2. The van der Waals surface area contributed by atoms with Gasteiger partial charge in [-0.05, 0) is 41.9 Å². The SMILES string of the molecule is COc1cc(O)c2c(=O)c3c(C4c5c(OC)c(OC)c6oc7cc(OC)cc(O)c7c(=O)c6c5C5C=C(C)CC(C)(C)C54)cc(OC)c(OC)c3oc2c1. The van der Waals surface area contributed by atoms with E-state index in [1.165, 1.54) is 60.9 Å². The van der Waals surface area contributed by atoms with E-state index in [0.717, 1.165) is 12.0 Å². The molecule has 2 aliphatic rings. The van der Waals surface area contributed by atoms with E-state index in [0.29, 0.717) is 39.7 Å². The van der Waals surface area contributed by atoms with E-state index >= 15 is 0 Å². The van der Waals surface area contributed by atoms with Gasteiger partial charge in [-0.25, -0.2) is 0 Å². The van der Waals surface area contributed by atoms with Crippen LogP contribution in [-0.4, -0.2) is 52.9 Å². The number of phenolic OH excluding ortho intramolecular Hbond substituents is 2. The van der Waals surface area contributed by atoms with Gasteiger partial charge in [-0.15, -0.1) is 0 Å². The molecule has 0 saturated heterocycles. The van der Waals surface area contributed by atoms with Gasteiger partial charge in [0.15, 0.2) is 22.7 Å². The highest BCUT2D eigenvalue weighted by Gasteiger charge is 2.54. The van der Waals surface area contributed by atoms with Gasteiger partial charge in [0.1, 0.15) is 44.9 Å². The maximum Gasteiger partial charge on any atom is 0.205 e. The maximum absolute atomic E-state index is 14.9. The molecule has 0 fully saturated rings. The predicted molar refractivity (Wildman–Crippen MR) is 203 cm³/mol. The molecule has 12 heteroatoms. The van der Waals surface area contributed by atoms with E-state index in [2.05, 4.69) is 26.8 Å². The van der Waals surface area contributed by atoms with Crippen molar-refractivity contribution in [3.05, 3.63) is 79.1 Å². The molecule has 0 amide bonds. The molecule has 4 aromatic carbocycles. The van der Waals surface area contributed by atoms with Crippen molar-refractivity contribution < 1.29 is 47.5 Å². The largest absolute Gasteiger partial charge is 0.507 e. The molecular weight excluding hydrogens is 696 g/mol. The molecule has 54 heavy (non-hydrogen) atoms. The number of allylic oxidation sites excluding steroid dienone is 2. The van der Waals surface area contributed by atoms with Crippen LogP contribution in [0.5, 0.6) is 46.0 Å². The summed E-state index contributed by atoms with van der Waals surface area (Å²) < 4.78 is 47.6. The van der Waals surface area contributed by atoms with Crippen molar-refractivity contribution in [2.24, 2.45) is 11.3 Å². The number of methoxy groups -OCH3 is 6. The molecule has 8 rings (SSSR count). The number of hydrogen-bond acceptors (Lipinski definition) is 12. The van der Waals surface area contributed by atoms with Gasteiger partial charge >= 0.3 is 0 Å². The minimum Gasteiger partial charge on any atom is -0.507 e. The third kappa shape index (κ3) is 4.68. The molecule has 3 unspecified atom stereocenters. The lowest BCUT2D eigenvalue weighted by Gasteiger charge is -2.43. The Morgan fingerprint density at radius 1 is 0.648 bits per heavy atom. The summed E-state index contributed by atoms with van der Waals surface area (Å²) in [6.07, 6.45) is 2.88. The summed E-state index contributed by atoms with van der Waals surface area (Å²) in [5, 5.41) is 22.7. The van der Waals surface area contributed by atoms with E-state index in [4.69, 9.17) is 37.3 Å². The second kappa shape index (κ2) is 12.3. The van der Waals surface area contributed by atoms with Crippen molar-refractivity contribution in [1.29, 1.82) is 0 Å². The monoisotopic (exact) mass is 736 g/mol. The number of fused-ring (bicyclic) bond motifs is 8. The van der Waals surface area contributed by atoms with E-state index in [1.807, 2.05) is 0 Å². The molecule has 3 atom stereocenters. The van der Waals surface area contributed by atoms with Crippen LogP contribution < -0.4 is 39.3 Å². The van der Waals surface area contributed by atoms with Crippen LogP contribution in [0.15, 0.2) is 60.4 Å². The lowest BCUT2D eigenvalue weighted by atomic mass is 9.61. The Hall–Kier alpha value is -6.04. The molecular formula is C42H40O12. The summed E-state index contributed by atoms with van der Waals surface area (Å²) in [6.45, 7) is 6.40. The fourth-order valence-electron chi connectivity index (χ4n) is 9.36. The summed E-state index contributed by atoms with van der Waals surface area (Å²) in [6, 6.07) is 7.56. The van der Waals surface area contributed by atoms with Gasteiger partial charge < -0.3 is 47.5 Å². The van der Waals surface area contributed by atoms with Gasteiger partial charge in [0.2, 0.25) is 22.4 Å². The van der Waals surface area contributed by atoms with Gasteiger partial charge in [0, 0.05) is 41.7 Å².